The van der Waals surface area contributed by atoms with Gasteiger partial charge in [0.05, 0.1) is 0 Å². The quantitative estimate of drug-likeness (QED) is 0.823. The summed E-state index contributed by atoms with van der Waals surface area (Å²) in [5.41, 5.74) is 1.40. The Hall–Kier alpha value is -0.820. The smallest absolute Gasteiger partial charge is 0.0294 e. The van der Waals surface area contributed by atoms with Crippen LogP contribution in [0.25, 0.3) is 0 Å². The molecule has 0 saturated heterocycles. The van der Waals surface area contributed by atoms with Crippen molar-refractivity contribution in [3.63, 3.8) is 0 Å². The number of hydrogen-bond donors (Lipinski definition) is 1. The maximum absolute atomic E-state index is 3.82. The standard InChI is InChI=1S/C16H25N/c1-12-9-10-13(2)16(11-12)17-14(3)15-7-5-4-6-8-15/h4-8,12-14,16-17H,9-11H2,1-3H3/t12?,13?,14-,16?/m0/s1. The van der Waals surface area contributed by atoms with E-state index in [1.165, 1.54) is 24.8 Å². The van der Waals surface area contributed by atoms with Crippen molar-refractivity contribution < 1.29 is 0 Å². The summed E-state index contributed by atoms with van der Waals surface area (Å²) in [6, 6.07) is 11.9. The van der Waals surface area contributed by atoms with Crippen molar-refractivity contribution in [3.05, 3.63) is 35.9 Å². The van der Waals surface area contributed by atoms with Crippen LogP contribution in [0.2, 0.25) is 0 Å². The Kier molecular flexibility index (Phi) is 4.22. The largest absolute Gasteiger partial charge is 0.307 e. The van der Waals surface area contributed by atoms with Gasteiger partial charge in [-0.05, 0) is 37.2 Å². The van der Waals surface area contributed by atoms with Crippen LogP contribution >= 0.6 is 0 Å². The SMILES string of the molecule is CC1CCC(C)C(N[C@@H](C)c2ccccc2)C1. The second kappa shape index (κ2) is 5.68. The Balaban J connectivity index is 1.96. The van der Waals surface area contributed by atoms with E-state index in [0.717, 1.165) is 11.8 Å². The molecule has 4 atom stereocenters. The maximum Gasteiger partial charge on any atom is 0.0294 e. The molecular formula is C16H25N. The predicted molar refractivity (Wildman–Crippen MR) is 74.0 cm³/mol. The van der Waals surface area contributed by atoms with E-state index in [1.807, 2.05) is 0 Å². The minimum Gasteiger partial charge on any atom is -0.307 e. The molecule has 1 saturated carbocycles. The minimum atomic E-state index is 0.467. The van der Waals surface area contributed by atoms with Crippen molar-refractivity contribution in [2.45, 2.75) is 52.1 Å². The van der Waals surface area contributed by atoms with E-state index in [-0.39, 0.29) is 0 Å². The molecule has 2 rings (SSSR count). The molecule has 0 radical (unpaired) electrons. The summed E-state index contributed by atoms with van der Waals surface area (Å²) >= 11 is 0. The maximum atomic E-state index is 3.82. The first-order valence-corrected chi connectivity index (χ1v) is 6.98. The number of rotatable bonds is 3. The van der Waals surface area contributed by atoms with E-state index in [2.05, 4.69) is 56.4 Å². The van der Waals surface area contributed by atoms with Gasteiger partial charge in [-0.25, -0.2) is 0 Å². The fraction of sp³-hybridized carbons (Fsp3) is 0.625. The van der Waals surface area contributed by atoms with Gasteiger partial charge in [0, 0.05) is 12.1 Å². The lowest BCUT2D eigenvalue weighted by Crippen LogP contribution is -2.40. The topological polar surface area (TPSA) is 12.0 Å². The third kappa shape index (κ3) is 3.32. The molecule has 1 N–H and O–H groups in total. The number of hydrogen-bond acceptors (Lipinski definition) is 1. The molecule has 1 aliphatic rings. The fourth-order valence-electron chi connectivity index (χ4n) is 2.92. The molecule has 3 unspecified atom stereocenters. The molecule has 0 aliphatic heterocycles. The molecule has 0 aromatic heterocycles. The summed E-state index contributed by atoms with van der Waals surface area (Å²) in [6.07, 6.45) is 4.11. The second-order valence-corrected chi connectivity index (χ2v) is 5.80. The van der Waals surface area contributed by atoms with Crippen LogP contribution in [-0.2, 0) is 0 Å². The molecule has 0 spiro atoms. The van der Waals surface area contributed by atoms with Crippen molar-refractivity contribution in [3.8, 4) is 0 Å². The lowest BCUT2D eigenvalue weighted by Gasteiger charge is -2.35. The summed E-state index contributed by atoms with van der Waals surface area (Å²) in [5.74, 6) is 1.70. The summed E-state index contributed by atoms with van der Waals surface area (Å²) in [6.45, 7) is 7.05. The molecule has 1 aliphatic carbocycles. The summed E-state index contributed by atoms with van der Waals surface area (Å²) in [7, 11) is 0. The zero-order valence-electron chi connectivity index (χ0n) is 11.3. The van der Waals surface area contributed by atoms with E-state index >= 15 is 0 Å². The number of nitrogens with one attached hydrogen (secondary N) is 1. The van der Waals surface area contributed by atoms with Gasteiger partial charge >= 0.3 is 0 Å². The lowest BCUT2D eigenvalue weighted by atomic mass is 9.79. The van der Waals surface area contributed by atoms with E-state index in [1.54, 1.807) is 0 Å². The van der Waals surface area contributed by atoms with E-state index in [0.29, 0.717) is 12.1 Å². The molecule has 1 heteroatoms. The molecule has 1 aromatic carbocycles. The first kappa shape index (κ1) is 12.6. The highest BCUT2D eigenvalue weighted by atomic mass is 15.0. The van der Waals surface area contributed by atoms with Crippen LogP contribution in [0, 0.1) is 11.8 Å². The Bertz CT molecular complexity index is 333. The van der Waals surface area contributed by atoms with Crippen molar-refractivity contribution in [2.24, 2.45) is 11.8 Å². The molecule has 0 heterocycles. The Morgan fingerprint density at radius 2 is 1.82 bits per heavy atom. The van der Waals surface area contributed by atoms with Crippen molar-refractivity contribution in [2.75, 3.05) is 0 Å². The van der Waals surface area contributed by atoms with Gasteiger partial charge in [-0.1, -0.05) is 50.6 Å². The van der Waals surface area contributed by atoms with Crippen molar-refractivity contribution in [1.29, 1.82) is 0 Å². The van der Waals surface area contributed by atoms with Gasteiger partial charge in [0.1, 0.15) is 0 Å². The zero-order valence-corrected chi connectivity index (χ0v) is 11.3. The van der Waals surface area contributed by atoms with E-state index < -0.39 is 0 Å². The second-order valence-electron chi connectivity index (χ2n) is 5.80. The highest BCUT2D eigenvalue weighted by molar-refractivity contribution is 5.18. The first-order chi connectivity index (χ1) is 8.16. The summed E-state index contributed by atoms with van der Waals surface area (Å²) < 4.78 is 0. The van der Waals surface area contributed by atoms with Crippen molar-refractivity contribution in [1.82, 2.24) is 5.32 Å². The van der Waals surface area contributed by atoms with Gasteiger partial charge in [-0.2, -0.15) is 0 Å². The van der Waals surface area contributed by atoms with Gasteiger partial charge in [0.25, 0.3) is 0 Å². The highest BCUT2D eigenvalue weighted by Crippen LogP contribution is 2.30. The molecule has 0 bridgehead atoms. The zero-order chi connectivity index (χ0) is 12.3. The molecule has 1 fully saturated rings. The molecular weight excluding hydrogens is 206 g/mol. The van der Waals surface area contributed by atoms with Gasteiger partial charge in [-0.3, -0.25) is 0 Å². The monoisotopic (exact) mass is 231 g/mol. The first-order valence-electron chi connectivity index (χ1n) is 6.98. The van der Waals surface area contributed by atoms with Gasteiger partial charge < -0.3 is 5.32 Å². The third-order valence-electron chi connectivity index (χ3n) is 4.22. The van der Waals surface area contributed by atoms with Crippen LogP contribution < -0.4 is 5.32 Å². The van der Waals surface area contributed by atoms with Crippen LogP contribution in [0.3, 0.4) is 0 Å². The van der Waals surface area contributed by atoms with Crippen LogP contribution in [0.4, 0.5) is 0 Å². The highest BCUT2D eigenvalue weighted by Gasteiger charge is 2.26. The fourth-order valence-corrected chi connectivity index (χ4v) is 2.92. The van der Waals surface area contributed by atoms with Crippen LogP contribution in [-0.4, -0.2) is 6.04 Å². The lowest BCUT2D eigenvalue weighted by molar-refractivity contribution is 0.216. The van der Waals surface area contributed by atoms with Crippen molar-refractivity contribution >= 4 is 0 Å². The summed E-state index contributed by atoms with van der Waals surface area (Å²) in [4.78, 5) is 0. The predicted octanol–water partition coefficient (Wildman–Crippen LogP) is 4.16. The molecule has 0 amide bonds. The van der Waals surface area contributed by atoms with Gasteiger partial charge in [0.15, 0.2) is 0 Å². The Morgan fingerprint density at radius 1 is 1.12 bits per heavy atom. The third-order valence-corrected chi connectivity index (χ3v) is 4.22. The van der Waals surface area contributed by atoms with Gasteiger partial charge in [0.2, 0.25) is 0 Å². The molecule has 17 heavy (non-hydrogen) atoms. The number of benzene rings is 1. The van der Waals surface area contributed by atoms with Gasteiger partial charge in [-0.15, -0.1) is 0 Å². The Labute approximate surface area is 106 Å². The average molecular weight is 231 g/mol. The molecule has 1 aromatic rings. The normalized spacial score (nSPS) is 31.1. The minimum absolute atomic E-state index is 0.467. The van der Waals surface area contributed by atoms with Crippen LogP contribution in [0.1, 0.15) is 51.6 Å². The average Bonchev–Trinajstić information content (AvgIpc) is 2.35. The Morgan fingerprint density at radius 3 is 2.53 bits per heavy atom. The van der Waals surface area contributed by atoms with E-state index in [9.17, 15) is 0 Å². The summed E-state index contributed by atoms with van der Waals surface area (Å²) in [5, 5.41) is 3.82. The molecule has 1 nitrogen and oxygen atoms in total. The van der Waals surface area contributed by atoms with E-state index in [4.69, 9.17) is 0 Å². The van der Waals surface area contributed by atoms with Crippen LogP contribution in [0.5, 0.6) is 0 Å². The van der Waals surface area contributed by atoms with Crippen LogP contribution in [0.15, 0.2) is 30.3 Å². The molecule has 94 valence electrons.